The first-order chi connectivity index (χ1) is 6.88. The van der Waals surface area contributed by atoms with Crippen molar-refractivity contribution in [1.82, 2.24) is 15.2 Å². The van der Waals surface area contributed by atoms with Crippen LogP contribution >= 0.6 is 0 Å². The van der Waals surface area contributed by atoms with Crippen LogP contribution in [-0.4, -0.2) is 20.3 Å². The second-order valence-corrected chi connectivity index (χ2v) is 2.86. The number of aliphatic hydroxyl groups is 1. The highest BCUT2D eigenvalue weighted by Crippen LogP contribution is 2.18. The molecule has 0 bridgehead atoms. The van der Waals surface area contributed by atoms with Crippen LogP contribution in [0, 0.1) is 0 Å². The third-order valence-corrected chi connectivity index (χ3v) is 1.92. The highest BCUT2D eigenvalue weighted by molar-refractivity contribution is 5.24. The summed E-state index contributed by atoms with van der Waals surface area (Å²) in [5, 5.41) is 17.2. The summed E-state index contributed by atoms with van der Waals surface area (Å²) in [6.07, 6.45) is 5.71. The van der Waals surface area contributed by atoms with Crippen molar-refractivity contribution < 1.29 is 5.11 Å². The Morgan fingerprint density at radius 1 is 1.00 bits per heavy atom. The standard InChI is InChI=1S/C10H9N3O/c14-10(8-2-1-4-11-6-8)9-3-5-12-13-7-9/h1-7,10,14H. The molecule has 4 heteroatoms. The molecule has 1 unspecified atom stereocenters. The Hall–Kier alpha value is -1.81. The monoisotopic (exact) mass is 187 g/mol. The van der Waals surface area contributed by atoms with Crippen molar-refractivity contribution in [1.29, 1.82) is 0 Å². The van der Waals surface area contributed by atoms with Gasteiger partial charge in [0, 0.05) is 29.7 Å². The Labute approximate surface area is 81.3 Å². The Balaban J connectivity index is 2.30. The number of aromatic nitrogens is 3. The average molecular weight is 187 g/mol. The summed E-state index contributed by atoms with van der Waals surface area (Å²) >= 11 is 0. The Morgan fingerprint density at radius 2 is 1.86 bits per heavy atom. The first kappa shape index (κ1) is 8.77. The topological polar surface area (TPSA) is 58.9 Å². The molecular weight excluding hydrogens is 178 g/mol. The lowest BCUT2D eigenvalue weighted by Gasteiger charge is -2.08. The average Bonchev–Trinajstić information content (AvgIpc) is 2.30. The summed E-state index contributed by atoms with van der Waals surface area (Å²) in [4.78, 5) is 3.94. The van der Waals surface area contributed by atoms with Gasteiger partial charge in [0.1, 0.15) is 6.10 Å². The molecule has 70 valence electrons. The van der Waals surface area contributed by atoms with Gasteiger partial charge in [0.05, 0.1) is 6.20 Å². The summed E-state index contributed by atoms with van der Waals surface area (Å²) in [6.45, 7) is 0. The van der Waals surface area contributed by atoms with Crippen LogP contribution in [0.5, 0.6) is 0 Å². The van der Waals surface area contributed by atoms with Crippen LogP contribution in [0.1, 0.15) is 17.2 Å². The van der Waals surface area contributed by atoms with Crippen LogP contribution < -0.4 is 0 Å². The number of hydrogen-bond donors (Lipinski definition) is 1. The first-order valence-electron chi connectivity index (χ1n) is 4.22. The van der Waals surface area contributed by atoms with Crippen molar-refractivity contribution in [3.63, 3.8) is 0 Å². The maximum atomic E-state index is 9.88. The van der Waals surface area contributed by atoms with E-state index in [1.807, 2.05) is 6.07 Å². The van der Waals surface area contributed by atoms with Crippen molar-refractivity contribution in [3.8, 4) is 0 Å². The third-order valence-electron chi connectivity index (χ3n) is 1.92. The van der Waals surface area contributed by atoms with Crippen molar-refractivity contribution in [2.75, 3.05) is 0 Å². The summed E-state index contributed by atoms with van der Waals surface area (Å²) in [7, 11) is 0. The van der Waals surface area contributed by atoms with Gasteiger partial charge in [-0.1, -0.05) is 6.07 Å². The Morgan fingerprint density at radius 3 is 2.50 bits per heavy atom. The van der Waals surface area contributed by atoms with E-state index < -0.39 is 6.10 Å². The number of rotatable bonds is 2. The molecule has 0 amide bonds. The Bertz CT molecular complexity index is 351. The molecule has 0 aliphatic carbocycles. The zero-order chi connectivity index (χ0) is 9.80. The molecule has 0 aromatic carbocycles. The zero-order valence-electron chi connectivity index (χ0n) is 7.41. The lowest BCUT2D eigenvalue weighted by molar-refractivity contribution is 0.219. The van der Waals surface area contributed by atoms with Gasteiger partial charge in [0.15, 0.2) is 0 Å². The van der Waals surface area contributed by atoms with Gasteiger partial charge < -0.3 is 5.11 Å². The van der Waals surface area contributed by atoms with Crippen LogP contribution in [0.4, 0.5) is 0 Å². The third kappa shape index (κ3) is 1.75. The smallest absolute Gasteiger partial charge is 0.107 e. The van der Waals surface area contributed by atoms with E-state index in [1.165, 1.54) is 6.20 Å². The molecule has 4 nitrogen and oxygen atoms in total. The molecule has 1 N–H and O–H groups in total. The van der Waals surface area contributed by atoms with Crippen LogP contribution in [-0.2, 0) is 0 Å². The normalized spacial score (nSPS) is 12.4. The number of hydrogen-bond acceptors (Lipinski definition) is 4. The van der Waals surface area contributed by atoms with Crippen molar-refractivity contribution in [2.24, 2.45) is 0 Å². The van der Waals surface area contributed by atoms with Gasteiger partial charge in [-0.25, -0.2) is 0 Å². The molecule has 2 rings (SSSR count). The SMILES string of the molecule is OC(c1cccnc1)c1ccnnc1. The summed E-state index contributed by atoms with van der Waals surface area (Å²) < 4.78 is 0. The van der Waals surface area contributed by atoms with E-state index in [0.29, 0.717) is 5.56 Å². The Kier molecular flexibility index (Phi) is 2.46. The fourth-order valence-electron chi connectivity index (χ4n) is 1.19. The second-order valence-electron chi connectivity index (χ2n) is 2.86. The highest BCUT2D eigenvalue weighted by atomic mass is 16.3. The highest BCUT2D eigenvalue weighted by Gasteiger charge is 2.09. The number of pyridine rings is 1. The van der Waals surface area contributed by atoms with Crippen molar-refractivity contribution >= 4 is 0 Å². The lowest BCUT2D eigenvalue weighted by atomic mass is 10.1. The van der Waals surface area contributed by atoms with Crippen LogP contribution in [0.15, 0.2) is 43.0 Å². The zero-order valence-corrected chi connectivity index (χ0v) is 7.41. The van der Waals surface area contributed by atoms with E-state index in [2.05, 4.69) is 15.2 Å². The second kappa shape index (κ2) is 3.93. The molecule has 2 heterocycles. The minimum atomic E-state index is -0.681. The lowest BCUT2D eigenvalue weighted by Crippen LogP contribution is -2.00. The molecule has 0 aliphatic rings. The summed E-state index contributed by atoms with van der Waals surface area (Å²) in [6, 6.07) is 5.33. The molecule has 0 aliphatic heterocycles. The molecule has 0 saturated heterocycles. The predicted molar refractivity (Wildman–Crippen MR) is 50.3 cm³/mol. The predicted octanol–water partition coefficient (Wildman–Crippen LogP) is 0.953. The first-order valence-corrected chi connectivity index (χ1v) is 4.22. The van der Waals surface area contributed by atoms with Crippen LogP contribution in [0.3, 0.4) is 0 Å². The molecule has 0 fully saturated rings. The number of aliphatic hydroxyl groups excluding tert-OH is 1. The fourth-order valence-corrected chi connectivity index (χ4v) is 1.19. The van der Waals surface area contributed by atoms with Gasteiger partial charge in [0.2, 0.25) is 0 Å². The molecule has 14 heavy (non-hydrogen) atoms. The van der Waals surface area contributed by atoms with E-state index >= 15 is 0 Å². The fraction of sp³-hybridized carbons (Fsp3) is 0.100. The van der Waals surface area contributed by atoms with Gasteiger partial charge in [-0.2, -0.15) is 10.2 Å². The van der Waals surface area contributed by atoms with E-state index in [9.17, 15) is 5.11 Å². The van der Waals surface area contributed by atoms with Crippen molar-refractivity contribution in [2.45, 2.75) is 6.10 Å². The molecule has 0 radical (unpaired) electrons. The summed E-state index contributed by atoms with van der Waals surface area (Å²) in [5.41, 5.74) is 1.47. The molecule has 2 aromatic rings. The molecule has 0 saturated carbocycles. The summed E-state index contributed by atoms with van der Waals surface area (Å²) in [5.74, 6) is 0. The number of nitrogens with zero attached hydrogens (tertiary/aromatic N) is 3. The molecule has 0 spiro atoms. The largest absolute Gasteiger partial charge is 0.384 e. The van der Waals surface area contributed by atoms with Gasteiger partial charge in [-0.15, -0.1) is 0 Å². The van der Waals surface area contributed by atoms with Gasteiger partial charge in [0.25, 0.3) is 0 Å². The van der Waals surface area contributed by atoms with Crippen LogP contribution in [0.2, 0.25) is 0 Å². The molecule has 2 aromatic heterocycles. The molecule has 1 atom stereocenters. The quantitative estimate of drug-likeness (QED) is 0.760. The maximum Gasteiger partial charge on any atom is 0.107 e. The minimum absolute atomic E-state index is 0.681. The van der Waals surface area contributed by atoms with Gasteiger partial charge in [-0.3, -0.25) is 4.98 Å². The van der Waals surface area contributed by atoms with E-state index in [-0.39, 0.29) is 0 Å². The van der Waals surface area contributed by atoms with Gasteiger partial charge in [-0.05, 0) is 12.1 Å². The maximum absolute atomic E-state index is 9.88. The minimum Gasteiger partial charge on any atom is -0.384 e. The van der Waals surface area contributed by atoms with Crippen LogP contribution in [0.25, 0.3) is 0 Å². The van der Waals surface area contributed by atoms with Gasteiger partial charge >= 0.3 is 0 Å². The van der Waals surface area contributed by atoms with E-state index in [1.54, 1.807) is 30.7 Å². The van der Waals surface area contributed by atoms with E-state index in [0.717, 1.165) is 5.56 Å². The van der Waals surface area contributed by atoms with Crippen molar-refractivity contribution in [3.05, 3.63) is 54.1 Å². The molecular formula is C10H9N3O. The van der Waals surface area contributed by atoms with E-state index in [4.69, 9.17) is 0 Å².